The Hall–Kier alpha value is -0.920. The predicted molar refractivity (Wildman–Crippen MR) is 107 cm³/mol. The molecule has 2 heteroatoms. The molecule has 0 heterocycles. The molecule has 0 aliphatic carbocycles. The van der Waals surface area contributed by atoms with Gasteiger partial charge in [0, 0.05) is 12.5 Å². The fourth-order valence-corrected chi connectivity index (χ4v) is 3.48. The van der Waals surface area contributed by atoms with Gasteiger partial charge in [0.15, 0.2) is 0 Å². The minimum Gasteiger partial charge on any atom is -0.202 e. The van der Waals surface area contributed by atoms with Crippen LogP contribution in [-0.4, -0.2) is 0 Å². The lowest BCUT2D eigenvalue weighted by Crippen LogP contribution is -2.20. The highest BCUT2D eigenvalue weighted by molar-refractivity contribution is 5.30. The second-order valence-electron chi connectivity index (χ2n) is 8.63. The summed E-state index contributed by atoms with van der Waals surface area (Å²) in [5, 5.41) is 0. The summed E-state index contributed by atoms with van der Waals surface area (Å²) in [4.78, 5) is 0. The number of alkyl halides is 2. The summed E-state index contributed by atoms with van der Waals surface area (Å²) < 4.78 is 26.2. The molecule has 0 nitrogen and oxygen atoms in total. The Labute approximate surface area is 155 Å². The zero-order chi connectivity index (χ0) is 19.7. The molecule has 0 aromatic heterocycles. The lowest BCUT2D eigenvalue weighted by atomic mass is 9.77. The van der Waals surface area contributed by atoms with E-state index in [9.17, 15) is 8.78 Å². The Morgan fingerprint density at radius 1 is 0.800 bits per heavy atom. The molecule has 0 fully saturated rings. The van der Waals surface area contributed by atoms with Crippen LogP contribution in [0, 0.1) is 11.8 Å². The lowest BCUT2D eigenvalue weighted by molar-refractivity contribution is 0.0174. The molecule has 0 aliphatic heterocycles. The van der Waals surface area contributed by atoms with Gasteiger partial charge in [-0.05, 0) is 29.2 Å². The molecule has 1 rings (SSSR count). The summed E-state index contributed by atoms with van der Waals surface area (Å²) in [6.45, 7) is 16.5. The Balaban J connectivity index is 0.000000609. The molecule has 0 amide bonds. The van der Waals surface area contributed by atoms with E-state index < -0.39 is 5.92 Å². The molecular weight excluding hydrogens is 314 g/mol. The van der Waals surface area contributed by atoms with E-state index in [4.69, 9.17) is 0 Å². The standard InChI is InChI=1S/C15H22F2.C8H18/c1-11(2)10-14(3,4)12-6-8-13(9-7-12)15(5,16)17;1-4-6-8(3)7-5-2/h6-9,11H,10H2,1-5H3;8H,4-7H2,1-3H3. The first kappa shape index (κ1) is 24.1. The number of rotatable bonds is 8. The molecule has 0 aliphatic rings. The Kier molecular flexibility index (Phi) is 10.5. The first-order valence-corrected chi connectivity index (χ1v) is 9.92. The minimum absolute atomic E-state index is 0.0374. The first-order valence-electron chi connectivity index (χ1n) is 9.92. The Bertz CT molecular complexity index is 446. The normalized spacial score (nSPS) is 12.3. The number of halogens is 2. The third kappa shape index (κ3) is 9.97. The maximum atomic E-state index is 13.1. The minimum atomic E-state index is -2.75. The maximum Gasteiger partial charge on any atom is 0.270 e. The second kappa shape index (κ2) is 10.9. The van der Waals surface area contributed by atoms with E-state index in [1.807, 2.05) is 12.1 Å². The summed E-state index contributed by atoms with van der Waals surface area (Å²) in [5.74, 6) is -1.19. The smallest absolute Gasteiger partial charge is 0.202 e. The van der Waals surface area contributed by atoms with Crippen LogP contribution in [0.3, 0.4) is 0 Å². The van der Waals surface area contributed by atoms with E-state index in [0.717, 1.165) is 24.8 Å². The molecule has 0 saturated carbocycles. The van der Waals surface area contributed by atoms with Crippen LogP contribution in [0.25, 0.3) is 0 Å². The number of hydrogen-bond donors (Lipinski definition) is 0. The van der Waals surface area contributed by atoms with E-state index >= 15 is 0 Å². The van der Waals surface area contributed by atoms with Gasteiger partial charge in [0.1, 0.15) is 0 Å². The third-order valence-corrected chi connectivity index (χ3v) is 4.65. The topological polar surface area (TPSA) is 0 Å². The molecule has 0 radical (unpaired) electrons. The lowest BCUT2D eigenvalue weighted by Gasteiger charge is -2.27. The highest BCUT2D eigenvalue weighted by Crippen LogP contribution is 2.33. The van der Waals surface area contributed by atoms with Crippen LogP contribution >= 0.6 is 0 Å². The molecule has 146 valence electrons. The van der Waals surface area contributed by atoms with Crippen LogP contribution < -0.4 is 0 Å². The fraction of sp³-hybridized carbons (Fsp3) is 0.739. The average Bonchev–Trinajstić information content (AvgIpc) is 2.46. The zero-order valence-corrected chi connectivity index (χ0v) is 17.8. The largest absolute Gasteiger partial charge is 0.270 e. The van der Waals surface area contributed by atoms with Gasteiger partial charge in [-0.15, -0.1) is 0 Å². The SMILES string of the molecule is CC(C)CC(C)(C)c1ccc(C(C)(F)F)cc1.CCCC(C)CCC. The van der Waals surface area contributed by atoms with Crippen LogP contribution in [0.15, 0.2) is 24.3 Å². The van der Waals surface area contributed by atoms with Crippen molar-refractivity contribution in [2.24, 2.45) is 11.8 Å². The van der Waals surface area contributed by atoms with Crippen molar-refractivity contribution in [1.29, 1.82) is 0 Å². The maximum absolute atomic E-state index is 13.1. The van der Waals surface area contributed by atoms with Crippen molar-refractivity contribution in [3.8, 4) is 0 Å². The monoisotopic (exact) mass is 354 g/mol. The van der Waals surface area contributed by atoms with Crippen molar-refractivity contribution in [2.75, 3.05) is 0 Å². The molecule has 0 saturated heterocycles. The Morgan fingerprint density at radius 3 is 1.52 bits per heavy atom. The average molecular weight is 355 g/mol. The molecule has 0 bridgehead atoms. The van der Waals surface area contributed by atoms with E-state index in [0.29, 0.717) is 5.92 Å². The Morgan fingerprint density at radius 2 is 1.20 bits per heavy atom. The van der Waals surface area contributed by atoms with Gasteiger partial charge in [-0.3, -0.25) is 0 Å². The summed E-state index contributed by atoms with van der Waals surface area (Å²) in [5.41, 5.74) is 1.25. The van der Waals surface area contributed by atoms with Crippen molar-refractivity contribution in [3.63, 3.8) is 0 Å². The van der Waals surface area contributed by atoms with Crippen LogP contribution in [0.4, 0.5) is 8.78 Å². The third-order valence-electron chi connectivity index (χ3n) is 4.65. The van der Waals surface area contributed by atoms with Crippen LogP contribution in [0.5, 0.6) is 0 Å². The van der Waals surface area contributed by atoms with Gasteiger partial charge in [0.05, 0.1) is 0 Å². The summed E-state index contributed by atoms with van der Waals surface area (Å²) in [6, 6.07) is 6.74. The highest BCUT2D eigenvalue weighted by Gasteiger charge is 2.26. The quantitative estimate of drug-likeness (QED) is 0.440. The fourth-order valence-electron chi connectivity index (χ4n) is 3.48. The zero-order valence-electron chi connectivity index (χ0n) is 17.8. The van der Waals surface area contributed by atoms with Crippen molar-refractivity contribution >= 4 is 0 Å². The number of benzene rings is 1. The van der Waals surface area contributed by atoms with Crippen LogP contribution in [-0.2, 0) is 11.3 Å². The van der Waals surface area contributed by atoms with Crippen LogP contribution in [0.2, 0.25) is 0 Å². The van der Waals surface area contributed by atoms with Crippen molar-refractivity contribution in [3.05, 3.63) is 35.4 Å². The second-order valence-corrected chi connectivity index (χ2v) is 8.63. The summed E-state index contributed by atoms with van der Waals surface area (Å²) in [6.07, 6.45) is 6.57. The van der Waals surface area contributed by atoms with E-state index in [1.54, 1.807) is 0 Å². The summed E-state index contributed by atoms with van der Waals surface area (Å²) >= 11 is 0. The molecule has 0 atom stereocenters. The van der Waals surface area contributed by atoms with Gasteiger partial charge in [-0.25, -0.2) is 8.78 Å². The van der Waals surface area contributed by atoms with E-state index in [2.05, 4.69) is 48.5 Å². The molecule has 1 aromatic rings. The molecular formula is C23H40F2. The molecule has 0 spiro atoms. The van der Waals surface area contributed by atoms with Gasteiger partial charge in [0.25, 0.3) is 5.92 Å². The van der Waals surface area contributed by atoms with Gasteiger partial charge in [-0.1, -0.05) is 98.4 Å². The van der Waals surface area contributed by atoms with Gasteiger partial charge < -0.3 is 0 Å². The molecule has 0 N–H and O–H groups in total. The highest BCUT2D eigenvalue weighted by atomic mass is 19.3. The van der Waals surface area contributed by atoms with E-state index in [1.165, 1.54) is 37.8 Å². The number of hydrogen-bond acceptors (Lipinski definition) is 0. The van der Waals surface area contributed by atoms with Crippen molar-refractivity contribution in [2.45, 2.75) is 98.8 Å². The van der Waals surface area contributed by atoms with Crippen molar-refractivity contribution in [1.82, 2.24) is 0 Å². The first-order chi connectivity index (χ1) is 11.4. The molecule has 0 unspecified atom stereocenters. The van der Waals surface area contributed by atoms with Gasteiger partial charge in [0.2, 0.25) is 0 Å². The molecule has 25 heavy (non-hydrogen) atoms. The van der Waals surface area contributed by atoms with E-state index in [-0.39, 0.29) is 11.0 Å². The van der Waals surface area contributed by atoms with Gasteiger partial charge >= 0.3 is 0 Å². The summed E-state index contributed by atoms with van der Waals surface area (Å²) in [7, 11) is 0. The van der Waals surface area contributed by atoms with Gasteiger partial charge in [-0.2, -0.15) is 0 Å². The van der Waals surface area contributed by atoms with Crippen LogP contribution in [0.1, 0.15) is 98.6 Å². The predicted octanol–water partition coefficient (Wildman–Crippen LogP) is 8.34. The molecule has 1 aromatic carbocycles. The van der Waals surface area contributed by atoms with Crippen molar-refractivity contribution < 1.29 is 8.78 Å².